The molecular weight excluding hydrogens is 514 g/mol. The van der Waals surface area contributed by atoms with Crippen molar-refractivity contribution in [2.24, 2.45) is 0 Å². The van der Waals surface area contributed by atoms with Gasteiger partial charge in [-0.1, -0.05) is 11.6 Å². The summed E-state index contributed by atoms with van der Waals surface area (Å²) in [6.07, 6.45) is -1.36. The molecule has 0 spiro atoms. The van der Waals surface area contributed by atoms with Crippen LogP contribution < -0.4 is 4.31 Å². The Bertz CT molecular complexity index is 825. The third-order valence-corrected chi connectivity index (χ3v) is 7.08. The van der Waals surface area contributed by atoms with Gasteiger partial charge in [-0.15, -0.1) is 0 Å². The van der Waals surface area contributed by atoms with Crippen LogP contribution in [-0.4, -0.2) is 50.2 Å². The summed E-state index contributed by atoms with van der Waals surface area (Å²) in [5.74, 6) is -0.619. The summed E-state index contributed by atoms with van der Waals surface area (Å²) in [6.45, 7) is 7.30. The van der Waals surface area contributed by atoms with Gasteiger partial charge in [0.05, 0.1) is 20.4 Å². The van der Waals surface area contributed by atoms with Gasteiger partial charge >= 0.3 is 16.3 Å². The number of hydrogen-bond acceptors (Lipinski definition) is 5. The van der Waals surface area contributed by atoms with Crippen LogP contribution in [0.1, 0.15) is 27.7 Å². The zero-order valence-electron chi connectivity index (χ0n) is 15.3. The smallest absolute Gasteiger partial charge is 0.429 e. The quantitative estimate of drug-likeness (QED) is 0.424. The fourth-order valence-corrected chi connectivity index (χ4v) is 4.65. The first-order valence-electron chi connectivity index (χ1n) is 8.17. The zero-order chi connectivity index (χ0) is 20.6. The average Bonchev–Trinajstić information content (AvgIpc) is 2.48. The first-order valence-corrected chi connectivity index (χ1v) is 11.0. The number of nitrogens with zero attached hydrogens (tertiary/aromatic N) is 2. The van der Waals surface area contributed by atoms with Crippen LogP contribution in [0.5, 0.6) is 0 Å². The van der Waals surface area contributed by atoms with E-state index in [0.717, 1.165) is 16.4 Å². The van der Waals surface area contributed by atoms with E-state index in [1.54, 1.807) is 43.4 Å². The number of ether oxygens (including phenoxy) is 2. The Kier molecular flexibility index (Phi) is 6.99. The van der Waals surface area contributed by atoms with E-state index in [-0.39, 0.29) is 33.5 Å². The second kappa shape index (κ2) is 8.36. The average molecular weight is 535 g/mol. The molecule has 2 rings (SSSR count). The number of anilines is 1. The van der Waals surface area contributed by atoms with Crippen LogP contribution in [0, 0.1) is 9.39 Å². The molecule has 1 amide bonds. The Labute approximate surface area is 177 Å². The maximum atomic E-state index is 13.8. The van der Waals surface area contributed by atoms with E-state index in [4.69, 9.17) is 21.1 Å². The van der Waals surface area contributed by atoms with Gasteiger partial charge in [-0.05, 0) is 62.4 Å². The summed E-state index contributed by atoms with van der Waals surface area (Å²) in [5, 5.41) is -0.188. The summed E-state index contributed by atoms with van der Waals surface area (Å²) in [6, 6.07) is 2.19. The summed E-state index contributed by atoms with van der Waals surface area (Å²) < 4.78 is 52.1. The SMILES string of the molecule is CCOC1CN(S(=O)(=O)N(C(=O)OC(C)(C)C)c2ccc(F)c(I)c2Cl)C1. The van der Waals surface area contributed by atoms with Gasteiger partial charge in [0.25, 0.3) is 0 Å². The second-order valence-corrected chi connectivity index (χ2v) is 10.1. The first-order chi connectivity index (χ1) is 12.4. The van der Waals surface area contributed by atoms with Crippen molar-refractivity contribution in [3.63, 3.8) is 0 Å². The number of carbonyl (C=O) groups excluding carboxylic acids is 1. The van der Waals surface area contributed by atoms with Gasteiger partial charge in [0.15, 0.2) is 0 Å². The minimum atomic E-state index is -4.29. The molecule has 1 aromatic carbocycles. The van der Waals surface area contributed by atoms with E-state index in [1.807, 2.05) is 6.92 Å². The van der Waals surface area contributed by atoms with Crippen LogP contribution in [0.3, 0.4) is 0 Å². The highest BCUT2D eigenvalue weighted by Crippen LogP contribution is 2.36. The minimum absolute atomic E-state index is 0.00586. The standard InChI is InChI=1S/C16H21ClFIN2O5S/c1-5-25-10-8-20(9-10)27(23,24)21(15(22)26-16(2,3)4)12-7-6-11(18)14(19)13(12)17/h6-7,10H,5,8-9H2,1-4H3. The molecule has 1 aromatic rings. The lowest BCUT2D eigenvalue weighted by atomic mass is 10.2. The molecule has 27 heavy (non-hydrogen) atoms. The van der Waals surface area contributed by atoms with E-state index >= 15 is 0 Å². The van der Waals surface area contributed by atoms with Crippen molar-refractivity contribution in [3.05, 3.63) is 26.5 Å². The van der Waals surface area contributed by atoms with E-state index in [2.05, 4.69) is 0 Å². The molecular formula is C16H21ClFIN2O5S. The number of benzene rings is 1. The van der Waals surface area contributed by atoms with Crippen LogP contribution in [0.2, 0.25) is 5.02 Å². The van der Waals surface area contributed by atoms with Crippen molar-refractivity contribution in [1.82, 2.24) is 4.31 Å². The number of halogens is 3. The summed E-state index contributed by atoms with van der Waals surface area (Å²) in [4.78, 5) is 12.7. The fourth-order valence-electron chi connectivity index (χ4n) is 2.34. The molecule has 1 fully saturated rings. The van der Waals surface area contributed by atoms with Gasteiger partial charge in [0, 0.05) is 19.7 Å². The summed E-state index contributed by atoms with van der Waals surface area (Å²) in [7, 11) is -4.29. The van der Waals surface area contributed by atoms with Crippen molar-refractivity contribution < 1.29 is 27.1 Å². The summed E-state index contributed by atoms with van der Waals surface area (Å²) in [5.41, 5.74) is -1.11. The Hall–Kier alpha value is -0.690. The number of hydrogen-bond donors (Lipinski definition) is 0. The summed E-state index contributed by atoms with van der Waals surface area (Å²) >= 11 is 7.80. The van der Waals surface area contributed by atoms with Crippen LogP contribution in [0.15, 0.2) is 12.1 Å². The van der Waals surface area contributed by atoms with Gasteiger partial charge in [0.1, 0.15) is 11.4 Å². The van der Waals surface area contributed by atoms with Crippen molar-refractivity contribution in [3.8, 4) is 0 Å². The largest absolute Gasteiger partial charge is 0.443 e. The molecule has 0 unspecified atom stereocenters. The monoisotopic (exact) mass is 534 g/mol. The van der Waals surface area contributed by atoms with Gasteiger partial charge in [-0.2, -0.15) is 17.0 Å². The Morgan fingerprint density at radius 2 is 2.00 bits per heavy atom. The highest BCUT2D eigenvalue weighted by Gasteiger charge is 2.44. The van der Waals surface area contributed by atoms with Gasteiger partial charge in [-0.3, -0.25) is 0 Å². The molecule has 152 valence electrons. The maximum absolute atomic E-state index is 13.8. The van der Waals surface area contributed by atoms with E-state index in [1.165, 1.54) is 0 Å². The number of rotatable bonds is 5. The first kappa shape index (κ1) is 22.6. The molecule has 0 aliphatic carbocycles. The van der Waals surface area contributed by atoms with Crippen molar-refractivity contribution >= 4 is 56.2 Å². The molecule has 1 aliphatic rings. The van der Waals surface area contributed by atoms with Crippen LogP contribution >= 0.6 is 34.2 Å². The minimum Gasteiger partial charge on any atom is -0.443 e. The molecule has 0 radical (unpaired) electrons. The Morgan fingerprint density at radius 3 is 2.52 bits per heavy atom. The van der Waals surface area contributed by atoms with Gasteiger partial charge < -0.3 is 9.47 Å². The lowest BCUT2D eigenvalue weighted by Gasteiger charge is -2.40. The Balaban J connectivity index is 2.45. The number of carbonyl (C=O) groups is 1. The van der Waals surface area contributed by atoms with Crippen molar-refractivity contribution in [2.75, 3.05) is 24.0 Å². The zero-order valence-corrected chi connectivity index (χ0v) is 19.1. The normalized spacial score (nSPS) is 16.1. The molecule has 0 saturated carbocycles. The molecule has 0 N–H and O–H groups in total. The molecule has 0 bridgehead atoms. The van der Waals surface area contributed by atoms with Crippen molar-refractivity contribution in [2.45, 2.75) is 39.4 Å². The van der Waals surface area contributed by atoms with Gasteiger partial charge in [0.2, 0.25) is 0 Å². The number of amides is 1. The van der Waals surface area contributed by atoms with E-state index in [0.29, 0.717) is 10.9 Å². The van der Waals surface area contributed by atoms with Crippen molar-refractivity contribution in [1.29, 1.82) is 0 Å². The lowest BCUT2D eigenvalue weighted by molar-refractivity contribution is -0.0138. The third-order valence-electron chi connectivity index (χ3n) is 3.57. The molecule has 1 aliphatic heterocycles. The predicted molar refractivity (Wildman–Crippen MR) is 109 cm³/mol. The lowest BCUT2D eigenvalue weighted by Crippen LogP contribution is -2.60. The molecule has 0 aromatic heterocycles. The van der Waals surface area contributed by atoms with Crippen LogP contribution in [-0.2, 0) is 19.7 Å². The maximum Gasteiger partial charge on any atom is 0.429 e. The molecule has 0 atom stereocenters. The van der Waals surface area contributed by atoms with E-state index < -0.39 is 27.7 Å². The predicted octanol–water partition coefficient (Wildman–Crippen LogP) is 3.79. The molecule has 7 nitrogen and oxygen atoms in total. The van der Waals surface area contributed by atoms with Crippen LogP contribution in [0.25, 0.3) is 0 Å². The Morgan fingerprint density at radius 1 is 1.41 bits per heavy atom. The molecule has 11 heteroatoms. The third kappa shape index (κ3) is 5.03. The molecule has 1 heterocycles. The van der Waals surface area contributed by atoms with Gasteiger partial charge in [-0.25, -0.2) is 9.18 Å². The van der Waals surface area contributed by atoms with Crippen LogP contribution in [0.4, 0.5) is 14.9 Å². The second-order valence-electron chi connectivity index (χ2n) is 6.84. The highest BCUT2D eigenvalue weighted by molar-refractivity contribution is 14.1. The topological polar surface area (TPSA) is 76.2 Å². The van der Waals surface area contributed by atoms with E-state index in [9.17, 15) is 17.6 Å². The molecule has 1 saturated heterocycles. The fraction of sp³-hybridized carbons (Fsp3) is 0.562. The highest BCUT2D eigenvalue weighted by atomic mass is 127.